The number of pyridine rings is 1. The molecule has 0 aliphatic carbocycles. The van der Waals surface area contributed by atoms with Crippen LogP contribution < -0.4 is 0 Å². The lowest BCUT2D eigenvalue weighted by Gasteiger charge is -1.97. The number of fused-ring (bicyclic) bond motifs is 1. The highest BCUT2D eigenvalue weighted by atomic mass is 19.0. The highest BCUT2D eigenvalue weighted by molar-refractivity contribution is 5.95. The van der Waals surface area contributed by atoms with Crippen molar-refractivity contribution in [1.29, 1.82) is 0 Å². The zero-order valence-corrected chi connectivity index (χ0v) is 9.52. The fourth-order valence-corrected chi connectivity index (χ4v) is 1.45. The second-order valence-electron chi connectivity index (χ2n) is 3.15. The van der Waals surface area contributed by atoms with E-state index in [4.69, 9.17) is 9.15 Å². The largest absolute Gasteiger partial charge is 0.460 e. The van der Waals surface area contributed by atoms with Crippen LogP contribution in [0.2, 0.25) is 0 Å². The predicted molar refractivity (Wildman–Crippen MR) is 60.8 cm³/mol. The van der Waals surface area contributed by atoms with Crippen molar-refractivity contribution in [1.82, 2.24) is 4.98 Å². The minimum atomic E-state index is -0.425. The first-order chi connectivity index (χ1) is 7.24. The van der Waals surface area contributed by atoms with E-state index in [1.165, 1.54) is 0 Å². The van der Waals surface area contributed by atoms with Crippen molar-refractivity contribution >= 4 is 16.9 Å². The Kier molecular flexibility index (Phi) is 5.27. The van der Waals surface area contributed by atoms with Gasteiger partial charge in [0.05, 0.1) is 6.61 Å². The molecule has 2 heterocycles. The van der Waals surface area contributed by atoms with Gasteiger partial charge in [-0.15, -0.1) is 0 Å². The molecule has 6 heteroatoms. The molecule has 0 saturated carbocycles. The average molecular weight is 243 g/mol. The number of rotatable bonds is 2. The summed E-state index contributed by atoms with van der Waals surface area (Å²) in [4.78, 5) is 15.5. The molecule has 94 valence electrons. The summed E-state index contributed by atoms with van der Waals surface area (Å²) in [5.41, 5.74) is 1.43. The lowest BCUT2D eigenvalue weighted by Crippen LogP contribution is -2.04. The molecule has 2 N–H and O–H groups in total. The molecule has 2 aromatic heterocycles. The van der Waals surface area contributed by atoms with Crippen molar-refractivity contribution in [3.63, 3.8) is 0 Å². The molecule has 2 rings (SSSR count). The van der Waals surface area contributed by atoms with Gasteiger partial charge in [-0.05, 0) is 19.9 Å². The number of carbonyl (C=O) groups excluding carboxylic acids is 1. The Morgan fingerprint density at radius 3 is 2.82 bits per heavy atom. The van der Waals surface area contributed by atoms with E-state index in [0.29, 0.717) is 12.2 Å². The molecule has 0 bridgehead atoms. The van der Waals surface area contributed by atoms with Gasteiger partial charge in [0.25, 0.3) is 0 Å². The number of nitrogens with zero attached hydrogens (tertiary/aromatic N) is 1. The van der Waals surface area contributed by atoms with E-state index in [9.17, 15) is 4.79 Å². The lowest BCUT2D eigenvalue weighted by atomic mass is 10.2. The first-order valence-electron chi connectivity index (χ1n) is 4.74. The first-order valence-corrected chi connectivity index (χ1v) is 4.74. The van der Waals surface area contributed by atoms with Crippen molar-refractivity contribution in [2.75, 3.05) is 6.61 Å². The normalized spacial score (nSPS) is 9.29. The monoisotopic (exact) mass is 243 g/mol. The molecule has 0 unspecified atom stereocenters. The Bertz CT molecular complexity index is 509. The van der Waals surface area contributed by atoms with Gasteiger partial charge in [0.2, 0.25) is 5.76 Å². The maximum absolute atomic E-state index is 11.5. The van der Waals surface area contributed by atoms with Crippen LogP contribution in [0.15, 0.2) is 22.9 Å². The number of carbonyl (C=O) groups is 1. The summed E-state index contributed by atoms with van der Waals surface area (Å²) < 4.78 is 10.3. The number of aryl methyl sites for hydroxylation is 1. The SMILES string of the molecule is CCOC(=O)c1oc2ccncc2c1C.F.O. The van der Waals surface area contributed by atoms with Crippen LogP contribution in [0.3, 0.4) is 0 Å². The van der Waals surface area contributed by atoms with Gasteiger partial charge in [-0.1, -0.05) is 0 Å². The van der Waals surface area contributed by atoms with Crippen LogP contribution in [-0.4, -0.2) is 23.0 Å². The number of aromatic nitrogens is 1. The Hall–Kier alpha value is -1.95. The van der Waals surface area contributed by atoms with Crippen LogP contribution in [0.4, 0.5) is 4.70 Å². The van der Waals surface area contributed by atoms with Crippen molar-refractivity contribution < 1.29 is 24.1 Å². The maximum Gasteiger partial charge on any atom is 0.374 e. The molecule has 2 aromatic rings. The second kappa shape index (κ2) is 5.95. The summed E-state index contributed by atoms with van der Waals surface area (Å²) in [5, 5.41) is 0.848. The molecule has 0 amide bonds. The Labute approximate surface area is 97.1 Å². The van der Waals surface area contributed by atoms with Gasteiger partial charge < -0.3 is 14.6 Å². The zero-order chi connectivity index (χ0) is 10.8. The molecular weight excluding hydrogens is 229 g/mol. The van der Waals surface area contributed by atoms with Crippen molar-refractivity contribution in [2.45, 2.75) is 13.8 Å². The van der Waals surface area contributed by atoms with Crippen LogP contribution in [0.1, 0.15) is 23.0 Å². The first kappa shape index (κ1) is 15.0. The minimum absolute atomic E-state index is 0. The van der Waals surface area contributed by atoms with E-state index in [0.717, 1.165) is 10.9 Å². The van der Waals surface area contributed by atoms with Crippen LogP contribution in [0.25, 0.3) is 11.0 Å². The van der Waals surface area contributed by atoms with E-state index in [-0.39, 0.29) is 15.9 Å². The summed E-state index contributed by atoms with van der Waals surface area (Å²) in [5.74, 6) is -0.161. The van der Waals surface area contributed by atoms with Crippen molar-refractivity contribution in [3.05, 3.63) is 29.8 Å². The Morgan fingerprint density at radius 1 is 1.53 bits per heavy atom. The molecule has 0 saturated heterocycles. The van der Waals surface area contributed by atoms with Crippen LogP contribution >= 0.6 is 0 Å². The molecule has 0 atom stereocenters. The maximum atomic E-state index is 11.5. The second-order valence-corrected chi connectivity index (χ2v) is 3.15. The number of hydrogen-bond donors (Lipinski definition) is 0. The quantitative estimate of drug-likeness (QED) is 0.750. The number of esters is 1. The number of ether oxygens (including phenoxy) is 1. The average Bonchev–Trinajstić information content (AvgIpc) is 2.57. The Balaban J connectivity index is 0.00000128. The molecular formula is C11H14FNO4. The summed E-state index contributed by atoms with van der Waals surface area (Å²) in [6.07, 6.45) is 3.30. The van der Waals surface area contributed by atoms with E-state index in [1.54, 1.807) is 25.4 Å². The Morgan fingerprint density at radius 2 is 2.24 bits per heavy atom. The molecule has 0 aliphatic rings. The molecule has 0 radical (unpaired) electrons. The van der Waals surface area contributed by atoms with E-state index in [1.807, 2.05) is 6.92 Å². The van der Waals surface area contributed by atoms with Gasteiger partial charge in [0.1, 0.15) is 5.58 Å². The molecule has 0 fully saturated rings. The summed E-state index contributed by atoms with van der Waals surface area (Å²) in [7, 11) is 0. The summed E-state index contributed by atoms with van der Waals surface area (Å²) >= 11 is 0. The van der Waals surface area contributed by atoms with Crippen LogP contribution in [0, 0.1) is 6.92 Å². The van der Waals surface area contributed by atoms with Crippen molar-refractivity contribution in [2.24, 2.45) is 0 Å². The van der Waals surface area contributed by atoms with Gasteiger partial charge in [-0.25, -0.2) is 4.79 Å². The minimum Gasteiger partial charge on any atom is -0.460 e. The smallest absolute Gasteiger partial charge is 0.374 e. The number of furan rings is 1. The summed E-state index contributed by atoms with van der Waals surface area (Å²) in [6, 6.07) is 1.73. The lowest BCUT2D eigenvalue weighted by molar-refractivity contribution is 0.0491. The van der Waals surface area contributed by atoms with Gasteiger partial charge in [0, 0.05) is 23.3 Å². The standard InChI is InChI=1S/C11H11NO3.FH.H2O/c1-3-14-11(13)10-7(2)8-6-12-5-4-9(8)15-10;;/h4-6H,3H2,1-2H3;1H;1H2. The predicted octanol–water partition coefficient (Wildman–Crippen LogP) is 1.64. The van der Waals surface area contributed by atoms with E-state index >= 15 is 0 Å². The highest BCUT2D eigenvalue weighted by Crippen LogP contribution is 2.24. The third-order valence-electron chi connectivity index (χ3n) is 2.20. The molecule has 5 nitrogen and oxygen atoms in total. The summed E-state index contributed by atoms with van der Waals surface area (Å²) in [6.45, 7) is 3.92. The molecule has 0 spiro atoms. The van der Waals surface area contributed by atoms with Gasteiger partial charge in [0.15, 0.2) is 0 Å². The number of hydrogen-bond acceptors (Lipinski definition) is 4. The molecule has 0 aliphatic heterocycles. The van der Waals surface area contributed by atoms with Gasteiger partial charge in [-0.3, -0.25) is 9.69 Å². The highest BCUT2D eigenvalue weighted by Gasteiger charge is 2.18. The van der Waals surface area contributed by atoms with E-state index < -0.39 is 5.97 Å². The van der Waals surface area contributed by atoms with Gasteiger partial charge >= 0.3 is 5.97 Å². The fourth-order valence-electron chi connectivity index (χ4n) is 1.45. The molecule has 0 aromatic carbocycles. The molecule has 17 heavy (non-hydrogen) atoms. The third-order valence-corrected chi connectivity index (χ3v) is 2.20. The van der Waals surface area contributed by atoms with Crippen molar-refractivity contribution in [3.8, 4) is 0 Å². The van der Waals surface area contributed by atoms with Gasteiger partial charge in [-0.2, -0.15) is 0 Å². The van der Waals surface area contributed by atoms with Crippen LogP contribution in [-0.2, 0) is 4.74 Å². The topological polar surface area (TPSA) is 83.8 Å². The number of halogens is 1. The van der Waals surface area contributed by atoms with E-state index in [2.05, 4.69) is 4.98 Å². The fraction of sp³-hybridized carbons (Fsp3) is 0.273. The van der Waals surface area contributed by atoms with Crippen LogP contribution in [0.5, 0.6) is 0 Å². The zero-order valence-electron chi connectivity index (χ0n) is 9.52. The third kappa shape index (κ3) is 2.59.